The fraction of sp³-hybridized carbons (Fsp3) is 0.583. The van der Waals surface area contributed by atoms with Crippen molar-refractivity contribution in [3.8, 4) is 0 Å². The molecule has 0 amide bonds. The van der Waals surface area contributed by atoms with Crippen LogP contribution in [-0.2, 0) is 24.0 Å². The van der Waals surface area contributed by atoms with E-state index in [4.69, 9.17) is 29.7 Å². The Labute approximate surface area is 126 Å². The lowest BCUT2D eigenvalue weighted by atomic mass is 10.2. The lowest BCUT2D eigenvalue weighted by Gasteiger charge is -2.22. The molecule has 128 valence electrons. The van der Waals surface area contributed by atoms with Gasteiger partial charge in [0.05, 0.1) is 6.08 Å². The van der Waals surface area contributed by atoms with Gasteiger partial charge in [0.2, 0.25) is 0 Å². The number of carbonyl (C=O) groups excluding carboxylic acids is 1. The number of esters is 1. The molecule has 0 heterocycles. The monoisotopic (exact) mass is 324 g/mol. The first-order valence-corrected chi connectivity index (χ1v) is 5.83. The normalized spacial score (nSPS) is 11.1. The van der Waals surface area contributed by atoms with Crippen LogP contribution in [0.15, 0.2) is 12.3 Å². The molecule has 0 atom stereocenters. The van der Waals surface area contributed by atoms with Gasteiger partial charge in [-0.2, -0.15) is 4.89 Å². The van der Waals surface area contributed by atoms with Crippen LogP contribution in [0.3, 0.4) is 0 Å². The van der Waals surface area contributed by atoms with Crippen molar-refractivity contribution in [1.29, 1.82) is 0 Å². The molecular weight excluding hydrogens is 304 g/mol. The minimum atomic E-state index is -1.83. The Balaban J connectivity index is 0. The van der Waals surface area contributed by atoms with Crippen LogP contribution < -0.4 is 0 Å². The van der Waals surface area contributed by atoms with Crippen LogP contribution in [0.2, 0.25) is 0 Å². The predicted molar refractivity (Wildman–Crippen MR) is 71.0 cm³/mol. The molecule has 10 nitrogen and oxygen atoms in total. The summed E-state index contributed by atoms with van der Waals surface area (Å²) in [6, 6.07) is 0. The minimum absolute atomic E-state index is 0.514. The molecule has 0 aromatic carbocycles. The summed E-state index contributed by atoms with van der Waals surface area (Å²) in [6.45, 7) is 7.88. The molecule has 0 aliphatic heterocycles. The molecule has 0 fully saturated rings. The second-order valence-electron chi connectivity index (χ2n) is 5.07. The van der Waals surface area contributed by atoms with E-state index >= 15 is 0 Å². The van der Waals surface area contributed by atoms with E-state index in [1.54, 1.807) is 20.8 Å². The maximum Gasteiger partial charge on any atom is 0.509 e. The number of rotatable bonds is 5. The summed E-state index contributed by atoms with van der Waals surface area (Å²) < 4.78 is 9.05. The Kier molecular flexibility index (Phi) is 9.36. The molecule has 22 heavy (non-hydrogen) atoms. The van der Waals surface area contributed by atoms with Crippen molar-refractivity contribution in [3.63, 3.8) is 0 Å². The zero-order valence-corrected chi connectivity index (χ0v) is 12.9. The Bertz CT molecular complexity index is 401. The first-order valence-electron chi connectivity index (χ1n) is 5.83. The molecule has 0 aromatic heterocycles. The molecule has 0 saturated heterocycles. The largest absolute Gasteiger partial charge is 0.509 e. The number of carbonyl (C=O) groups is 3. The molecule has 10 heteroatoms. The number of hydrogen-bond acceptors (Lipinski definition) is 7. The highest BCUT2D eigenvalue weighted by atomic mass is 17.2. The van der Waals surface area contributed by atoms with E-state index in [1.807, 2.05) is 0 Å². The van der Waals surface area contributed by atoms with Crippen LogP contribution >= 0.6 is 0 Å². The molecule has 0 bridgehead atoms. The van der Waals surface area contributed by atoms with Gasteiger partial charge in [0, 0.05) is 13.8 Å². The maximum atomic E-state index is 11.2. The highest BCUT2D eigenvalue weighted by Gasteiger charge is 2.26. The minimum Gasteiger partial charge on any atom is -0.450 e. The van der Waals surface area contributed by atoms with Crippen LogP contribution in [0.1, 0.15) is 34.6 Å². The number of carboxylic acid groups (broad SMARTS) is 3. The molecule has 0 unspecified atom stereocenters. The van der Waals surface area contributed by atoms with Crippen molar-refractivity contribution in [2.75, 3.05) is 0 Å². The van der Waals surface area contributed by atoms with Crippen LogP contribution in [-0.4, -0.2) is 45.0 Å². The molecule has 0 saturated carbocycles. The fourth-order valence-corrected chi connectivity index (χ4v) is 0.763. The third-order valence-electron chi connectivity index (χ3n) is 1.24. The zero-order valence-electron chi connectivity index (χ0n) is 12.9. The van der Waals surface area contributed by atoms with E-state index in [9.17, 15) is 9.59 Å². The third-order valence-corrected chi connectivity index (χ3v) is 1.24. The van der Waals surface area contributed by atoms with E-state index in [0.29, 0.717) is 0 Å². The van der Waals surface area contributed by atoms with Gasteiger partial charge in [-0.15, -0.1) is 0 Å². The van der Waals surface area contributed by atoms with Gasteiger partial charge < -0.3 is 29.7 Å². The molecular formula is C12H20O10. The summed E-state index contributed by atoms with van der Waals surface area (Å²) >= 11 is 0. The Morgan fingerprint density at radius 3 is 1.73 bits per heavy atom. The van der Waals surface area contributed by atoms with Gasteiger partial charge in [-0.3, -0.25) is 0 Å². The van der Waals surface area contributed by atoms with Crippen LogP contribution in [0.4, 0.5) is 9.59 Å². The van der Waals surface area contributed by atoms with E-state index < -0.39 is 29.7 Å². The quantitative estimate of drug-likeness (QED) is 0.172. The Hall–Kier alpha value is -2.49. The summed E-state index contributed by atoms with van der Waals surface area (Å²) in [6.07, 6.45) is -1.44. The molecule has 0 aliphatic rings. The van der Waals surface area contributed by atoms with Gasteiger partial charge in [-0.05, 0) is 20.8 Å². The number of hydrogen-bond donors (Lipinski definition) is 3. The smallest absolute Gasteiger partial charge is 0.450 e. The van der Waals surface area contributed by atoms with Crippen LogP contribution in [0.5, 0.6) is 0 Å². The third kappa shape index (κ3) is 19.8. The van der Waals surface area contributed by atoms with Crippen molar-refractivity contribution in [2.24, 2.45) is 0 Å². The van der Waals surface area contributed by atoms with Gasteiger partial charge in [0.25, 0.3) is 5.79 Å². The lowest BCUT2D eigenvalue weighted by Crippen LogP contribution is -2.32. The Morgan fingerprint density at radius 1 is 0.909 bits per heavy atom. The molecule has 0 radical (unpaired) electrons. The van der Waals surface area contributed by atoms with E-state index in [-0.39, 0.29) is 0 Å². The van der Waals surface area contributed by atoms with Crippen LogP contribution in [0, 0.1) is 0 Å². The lowest BCUT2D eigenvalue weighted by molar-refractivity contribution is -0.310. The maximum absolute atomic E-state index is 11.2. The van der Waals surface area contributed by atoms with Crippen LogP contribution in [0.25, 0.3) is 0 Å². The van der Waals surface area contributed by atoms with Gasteiger partial charge in [0.15, 0.2) is 0 Å². The first kappa shape index (κ1) is 21.8. The average Bonchev–Trinajstić information content (AvgIpc) is 2.19. The van der Waals surface area contributed by atoms with Crippen molar-refractivity contribution in [3.05, 3.63) is 12.3 Å². The standard InChI is InChI=1S/C11H18O7.CH2O3/c1-10(2,3)18-15-7-6-8(12)16-11(4,5)17-9(13)14;2-1(3)4/h6-7H,1-5H3,(H,13,14);(H2,2,3,4). The Morgan fingerprint density at radius 2 is 1.36 bits per heavy atom. The van der Waals surface area contributed by atoms with Gasteiger partial charge in [-0.25, -0.2) is 14.4 Å². The van der Waals surface area contributed by atoms with Crippen molar-refractivity contribution >= 4 is 18.3 Å². The fourth-order valence-electron chi connectivity index (χ4n) is 0.763. The summed E-state index contributed by atoms with van der Waals surface area (Å²) in [5, 5.41) is 22.3. The van der Waals surface area contributed by atoms with Gasteiger partial charge in [0.1, 0.15) is 11.9 Å². The molecule has 0 aliphatic carbocycles. The predicted octanol–water partition coefficient (Wildman–Crippen LogP) is 2.44. The van der Waals surface area contributed by atoms with E-state index in [2.05, 4.69) is 9.62 Å². The SMILES string of the molecule is CC(C)(C)OOC=CC(=O)OC(C)(C)OC(=O)O.O=C(O)O. The first-order chi connectivity index (χ1) is 9.75. The van der Waals surface area contributed by atoms with Crippen molar-refractivity contribution in [2.45, 2.75) is 46.0 Å². The summed E-state index contributed by atoms with van der Waals surface area (Å²) in [5.41, 5.74) is -0.514. The average molecular weight is 324 g/mol. The zero-order chi connectivity index (χ0) is 18.0. The number of ether oxygens (including phenoxy) is 2. The van der Waals surface area contributed by atoms with Gasteiger partial charge in [-0.1, -0.05) is 0 Å². The van der Waals surface area contributed by atoms with E-state index in [0.717, 1.165) is 12.3 Å². The second kappa shape index (κ2) is 9.45. The van der Waals surface area contributed by atoms with Crippen molar-refractivity contribution in [1.82, 2.24) is 0 Å². The highest BCUT2D eigenvalue weighted by Crippen LogP contribution is 2.12. The molecule has 0 rings (SSSR count). The highest BCUT2D eigenvalue weighted by molar-refractivity contribution is 5.82. The molecule has 3 N–H and O–H groups in total. The topological polar surface area (TPSA) is 149 Å². The summed E-state index contributed by atoms with van der Waals surface area (Å²) in [4.78, 5) is 39.6. The van der Waals surface area contributed by atoms with E-state index in [1.165, 1.54) is 13.8 Å². The second-order valence-corrected chi connectivity index (χ2v) is 5.07. The summed E-state index contributed by atoms with van der Waals surface area (Å²) in [7, 11) is 0. The molecule has 0 aromatic rings. The van der Waals surface area contributed by atoms with Crippen molar-refractivity contribution < 1.29 is 49.0 Å². The van der Waals surface area contributed by atoms with Gasteiger partial charge >= 0.3 is 18.3 Å². The summed E-state index contributed by atoms with van der Waals surface area (Å²) in [5.74, 6) is -2.39. The molecule has 0 spiro atoms.